The molecular formula is C15H12Cl2INO. The lowest BCUT2D eigenvalue weighted by atomic mass is 10.1. The maximum Gasteiger partial charge on any atom is 0.251 e. The van der Waals surface area contributed by atoms with Gasteiger partial charge in [0.1, 0.15) is 0 Å². The van der Waals surface area contributed by atoms with Crippen LogP contribution in [0.15, 0.2) is 42.5 Å². The first-order chi connectivity index (χ1) is 9.56. The molecule has 0 aliphatic heterocycles. The Morgan fingerprint density at radius 2 is 1.95 bits per heavy atom. The van der Waals surface area contributed by atoms with Crippen molar-refractivity contribution in [1.82, 2.24) is 5.32 Å². The molecule has 5 heteroatoms. The Hall–Kier alpha value is -0.780. The number of hydrogen-bond acceptors (Lipinski definition) is 1. The zero-order valence-electron chi connectivity index (χ0n) is 10.5. The number of carbonyl (C=O) groups excluding carboxylic acids is 1. The Bertz CT molecular complexity index is 631. The monoisotopic (exact) mass is 419 g/mol. The van der Waals surface area contributed by atoms with Gasteiger partial charge in [-0.15, -0.1) is 0 Å². The van der Waals surface area contributed by atoms with Gasteiger partial charge >= 0.3 is 0 Å². The van der Waals surface area contributed by atoms with Gasteiger partial charge in [0.2, 0.25) is 0 Å². The number of rotatable bonds is 4. The van der Waals surface area contributed by atoms with Gasteiger partial charge in [-0.05, 0) is 64.9 Å². The molecule has 2 nitrogen and oxygen atoms in total. The molecule has 2 aromatic rings. The zero-order chi connectivity index (χ0) is 14.5. The Kier molecular flexibility index (Phi) is 5.69. The van der Waals surface area contributed by atoms with Crippen molar-refractivity contribution in [1.29, 1.82) is 0 Å². The highest BCUT2D eigenvalue weighted by Gasteiger charge is 2.07. The summed E-state index contributed by atoms with van der Waals surface area (Å²) in [6.45, 7) is 0.558. The summed E-state index contributed by atoms with van der Waals surface area (Å²) in [4.78, 5) is 12.0. The molecule has 0 aliphatic rings. The van der Waals surface area contributed by atoms with E-state index in [1.807, 2.05) is 30.3 Å². The summed E-state index contributed by atoms with van der Waals surface area (Å²) in [5, 5.41) is 4.17. The van der Waals surface area contributed by atoms with Gasteiger partial charge < -0.3 is 5.32 Å². The van der Waals surface area contributed by atoms with Crippen LogP contribution in [0.5, 0.6) is 0 Å². The zero-order valence-corrected chi connectivity index (χ0v) is 14.2. The van der Waals surface area contributed by atoms with E-state index in [2.05, 4.69) is 27.9 Å². The van der Waals surface area contributed by atoms with Crippen LogP contribution in [-0.4, -0.2) is 12.5 Å². The Morgan fingerprint density at radius 1 is 1.15 bits per heavy atom. The number of carbonyl (C=O) groups is 1. The molecule has 104 valence electrons. The van der Waals surface area contributed by atoms with Crippen LogP contribution in [0.25, 0.3) is 0 Å². The second-order valence-corrected chi connectivity index (χ2v) is 6.27. The molecule has 0 spiro atoms. The summed E-state index contributed by atoms with van der Waals surface area (Å²) in [7, 11) is 0. The predicted molar refractivity (Wildman–Crippen MR) is 91.7 cm³/mol. The van der Waals surface area contributed by atoms with Crippen molar-refractivity contribution in [2.24, 2.45) is 0 Å². The molecule has 2 aromatic carbocycles. The summed E-state index contributed by atoms with van der Waals surface area (Å²) < 4.78 is 0.930. The van der Waals surface area contributed by atoms with Gasteiger partial charge in [-0.25, -0.2) is 0 Å². The summed E-state index contributed by atoms with van der Waals surface area (Å²) in [5.41, 5.74) is 1.67. The first kappa shape index (κ1) is 15.6. The fourth-order valence-corrected chi connectivity index (χ4v) is 2.48. The number of nitrogens with one attached hydrogen (secondary N) is 1. The van der Waals surface area contributed by atoms with E-state index in [4.69, 9.17) is 23.2 Å². The fourth-order valence-electron chi connectivity index (χ4n) is 1.75. The third kappa shape index (κ3) is 4.36. The van der Waals surface area contributed by atoms with Gasteiger partial charge in [0.15, 0.2) is 0 Å². The highest BCUT2D eigenvalue weighted by atomic mass is 127. The van der Waals surface area contributed by atoms with Crippen LogP contribution in [0.4, 0.5) is 0 Å². The van der Waals surface area contributed by atoms with Gasteiger partial charge in [-0.3, -0.25) is 4.79 Å². The van der Waals surface area contributed by atoms with Crippen LogP contribution in [0.1, 0.15) is 15.9 Å². The summed E-state index contributed by atoms with van der Waals surface area (Å²) >= 11 is 14.0. The van der Waals surface area contributed by atoms with E-state index in [1.165, 1.54) is 0 Å². The molecule has 0 heterocycles. The summed E-state index contributed by atoms with van der Waals surface area (Å²) in [6.07, 6.45) is 0.740. The predicted octanol–water partition coefficient (Wildman–Crippen LogP) is 4.57. The number of amides is 1. The minimum Gasteiger partial charge on any atom is -0.352 e. The number of benzene rings is 2. The van der Waals surface area contributed by atoms with E-state index in [-0.39, 0.29) is 5.91 Å². The van der Waals surface area contributed by atoms with Gasteiger partial charge in [-0.1, -0.05) is 35.3 Å². The van der Waals surface area contributed by atoms with Crippen LogP contribution < -0.4 is 5.32 Å². The third-order valence-corrected chi connectivity index (χ3v) is 4.58. The van der Waals surface area contributed by atoms with Gasteiger partial charge in [0, 0.05) is 20.7 Å². The summed E-state index contributed by atoms with van der Waals surface area (Å²) in [5.74, 6) is -0.120. The van der Waals surface area contributed by atoms with Crippen molar-refractivity contribution in [3.63, 3.8) is 0 Å². The summed E-state index contributed by atoms with van der Waals surface area (Å²) in [6, 6.07) is 12.9. The maximum atomic E-state index is 12.0. The fraction of sp³-hybridized carbons (Fsp3) is 0.133. The quantitative estimate of drug-likeness (QED) is 0.722. The average molecular weight is 420 g/mol. The van der Waals surface area contributed by atoms with Crippen LogP contribution in [0, 0.1) is 3.57 Å². The molecule has 20 heavy (non-hydrogen) atoms. The lowest BCUT2D eigenvalue weighted by Gasteiger charge is -2.06. The number of halogens is 3. The van der Waals surface area contributed by atoms with E-state index in [0.29, 0.717) is 22.2 Å². The normalized spacial score (nSPS) is 10.3. The molecule has 0 aromatic heterocycles. The van der Waals surface area contributed by atoms with Crippen molar-refractivity contribution in [2.75, 3.05) is 6.54 Å². The molecule has 0 fully saturated rings. The highest BCUT2D eigenvalue weighted by molar-refractivity contribution is 14.1. The minimum atomic E-state index is -0.120. The first-order valence-electron chi connectivity index (χ1n) is 6.04. The second kappa shape index (κ2) is 7.29. The lowest BCUT2D eigenvalue weighted by Crippen LogP contribution is -2.25. The van der Waals surface area contributed by atoms with Crippen molar-refractivity contribution in [2.45, 2.75) is 6.42 Å². The molecule has 0 saturated heterocycles. The lowest BCUT2D eigenvalue weighted by molar-refractivity contribution is 0.0954. The van der Waals surface area contributed by atoms with Crippen molar-refractivity contribution in [3.05, 3.63) is 67.2 Å². The molecule has 2 rings (SSSR count). The molecule has 1 N–H and O–H groups in total. The topological polar surface area (TPSA) is 29.1 Å². The smallest absolute Gasteiger partial charge is 0.251 e. The number of hydrogen-bond donors (Lipinski definition) is 1. The van der Waals surface area contributed by atoms with Gasteiger partial charge in [0.25, 0.3) is 5.91 Å². The van der Waals surface area contributed by atoms with Crippen LogP contribution in [-0.2, 0) is 6.42 Å². The molecule has 0 saturated carbocycles. The van der Waals surface area contributed by atoms with E-state index >= 15 is 0 Å². The minimum absolute atomic E-state index is 0.120. The Morgan fingerprint density at radius 3 is 2.65 bits per heavy atom. The average Bonchev–Trinajstić information content (AvgIpc) is 2.42. The molecule has 0 bridgehead atoms. The van der Waals surface area contributed by atoms with Crippen LogP contribution in [0.2, 0.25) is 10.0 Å². The van der Waals surface area contributed by atoms with Crippen molar-refractivity contribution < 1.29 is 4.79 Å². The van der Waals surface area contributed by atoms with E-state index in [0.717, 1.165) is 15.6 Å². The molecule has 0 aliphatic carbocycles. The molecule has 0 radical (unpaired) electrons. The van der Waals surface area contributed by atoms with Crippen LogP contribution >= 0.6 is 45.8 Å². The van der Waals surface area contributed by atoms with E-state index < -0.39 is 0 Å². The standard InChI is InChI=1S/C15H12Cl2INO/c16-12-3-1-2-10(8-12)6-7-19-15(20)11-4-5-14(18)13(17)9-11/h1-5,8-9H,6-7H2,(H,19,20). The SMILES string of the molecule is O=C(NCCc1cccc(Cl)c1)c1ccc(I)c(Cl)c1. The van der Waals surface area contributed by atoms with Crippen molar-refractivity contribution >= 4 is 51.7 Å². The molecule has 1 amide bonds. The van der Waals surface area contributed by atoms with E-state index in [9.17, 15) is 4.79 Å². The third-order valence-electron chi connectivity index (χ3n) is 2.77. The Labute approximate surface area is 141 Å². The van der Waals surface area contributed by atoms with Gasteiger partial charge in [0.05, 0.1) is 5.02 Å². The van der Waals surface area contributed by atoms with Crippen LogP contribution in [0.3, 0.4) is 0 Å². The highest BCUT2D eigenvalue weighted by Crippen LogP contribution is 2.19. The first-order valence-corrected chi connectivity index (χ1v) is 7.87. The molecular weight excluding hydrogens is 408 g/mol. The van der Waals surface area contributed by atoms with Crippen molar-refractivity contribution in [3.8, 4) is 0 Å². The van der Waals surface area contributed by atoms with Gasteiger partial charge in [-0.2, -0.15) is 0 Å². The molecule has 0 atom stereocenters. The second-order valence-electron chi connectivity index (χ2n) is 4.26. The maximum absolute atomic E-state index is 12.0. The largest absolute Gasteiger partial charge is 0.352 e. The molecule has 0 unspecified atom stereocenters. The van der Waals surface area contributed by atoms with E-state index in [1.54, 1.807) is 12.1 Å². The Balaban J connectivity index is 1.90.